The van der Waals surface area contributed by atoms with Crippen molar-refractivity contribution in [1.82, 2.24) is 9.97 Å². The van der Waals surface area contributed by atoms with E-state index in [0.717, 1.165) is 0 Å². The predicted molar refractivity (Wildman–Crippen MR) is 78.5 cm³/mol. The molecule has 2 rings (SSSR count). The molecule has 2 heterocycles. The average molecular weight is 400 g/mol. The molecule has 0 aliphatic heterocycles. The Morgan fingerprint density at radius 2 is 1.04 bits per heavy atom. The molecule has 0 saturated heterocycles. The van der Waals surface area contributed by atoms with E-state index in [-0.39, 0.29) is 63.3 Å². The van der Waals surface area contributed by atoms with Gasteiger partial charge in [0.1, 0.15) is 11.5 Å². The van der Waals surface area contributed by atoms with E-state index >= 15 is 0 Å². The first kappa shape index (κ1) is 33.8. The van der Waals surface area contributed by atoms with Crippen molar-refractivity contribution in [2.75, 3.05) is 0 Å². The van der Waals surface area contributed by atoms with Gasteiger partial charge in [0.15, 0.2) is 11.4 Å². The Bertz CT molecular complexity index is 585. The Labute approximate surface area is 152 Å². The van der Waals surface area contributed by atoms with Gasteiger partial charge in [-0.1, -0.05) is 0 Å². The molecule has 0 aliphatic carbocycles. The SMILES string of the molecule is O.O.O.O=C(O)c1ncccc1O.O=C(O)c1ncccc1O.[OH-].[V]. The Morgan fingerprint density at radius 3 is 1.20 bits per heavy atom. The number of nitrogens with zero attached hydrogens (tertiary/aromatic N) is 2. The fraction of sp³-hybridized carbons (Fsp3) is 0. The number of aromatic carboxylic acids is 2. The summed E-state index contributed by atoms with van der Waals surface area (Å²) in [6.07, 6.45) is 2.62. The molecular formula is C12H17N2O10V-. The number of pyridine rings is 2. The van der Waals surface area contributed by atoms with Crippen molar-refractivity contribution in [2.24, 2.45) is 0 Å². The van der Waals surface area contributed by atoms with Gasteiger partial charge in [0, 0.05) is 30.9 Å². The Hall–Kier alpha value is -2.74. The van der Waals surface area contributed by atoms with Gasteiger partial charge in [-0.15, -0.1) is 0 Å². The summed E-state index contributed by atoms with van der Waals surface area (Å²) in [4.78, 5) is 27.3. The van der Waals surface area contributed by atoms with Crippen molar-refractivity contribution in [3.63, 3.8) is 0 Å². The topological polar surface area (TPSA) is 265 Å². The second-order valence-electron chi connectivity index (χ2n) is 3.35. The van der Waals surface area contributed by atoms with E-state index in [1.165, 1.54) is 36.7 Å². The number of carboxylic acids is 2. The van der Waals surface area contributed by atoms with Gasteiger partial charge >= 0.3 is 11.9 Å². The third-order valence-corrected chi connectivity index (χ3v) is 1.98. The summed E-state index contributed by atoms with van der Waals surface area (Å²) in [5, 5.41) is 34.4. The first-order chi connectivity index (χ1) is 9.43. The van der Waals surface area contributed by atoms with Crippen LogP contribution in [0.4, 0.5) is 0 Å². The number of rotatable bonds is 2. The molecule has 11 N–H and O–H groups in total. The monoisotopic (exact) mass is 400 g/mol. The minimum absolute atomic E-state index is 0. The molecule has 0 saturated carbocycles. The van der Waals surface area contributed by atoms with Crippen LogP contribution in [0.1, 0.15) is 21.0 Å². The number of hydrogen-bond acceptors (Lipinski definition) is 7. The molecule has 1 radical (unpaired) electrons. The van der Waals surface area contributed by atoms with E-state index in [2.05, 4.69) is 9.97 Å². The summed E-state index contributed by atoms with van der Waals surface area (Å²) in [7, 11) is 0. The molecule has 0 atom stereocenters. The standard InChI is InChI=1S/2C6H5NO3.4H2O.V/c2*8-4-2-1-3-7-5(4)6(9)10;;;;;/h2*1-3,8H,(H,9,10);4*1H2;/p-1. The largest absolute Gasteiger partial charge is 0.870 e. The molecular weight excluding hydrogens is 383 g/mol. The van der Waals surface area contributed by atoms with Crippen molar-refractivity contribution in [2.45, 2.75) is 0 Å². The zero-order valence-electron chi connectivity index (χ0n) is 12.4. The second-order valence-corrected chi connectivity index (χ2v) is 3.35. The van der Waals surface area contributed by atoms with Crippen molar-refractivity contribution in [3.05, 3.63) is 48.0 Å². The first-order valence-corrected chi connectivity index (χ1v) is 5.18. The molecule has 0 unspecified atom stereocenters. The van der Waals surface area contributed by atoms with E-state index in [0.29, 0.717) is 0 Å². The number of aromatic hydroxyl groups is 2. The Kier molecular flexibility index (Phi) is 21.8. The zero-order chi connectivity index (χ0) is 15.1. The van der Waals surface area contributed by atoms with E-state index in [4.69, 9.17) is 20.4 Å². The smallest absolute Gasteiger partial charge is 0.358 e. The number of aromatic nitrogens is 2. The van der Waals surface area contributed by atoms with E-state index < -0.39 is 11.9 Å². The van der Waals surface area contributed by atoms with Crippen molar-refractivity contribution in [1.29, 1.82) is 0 Å². The van der Waals surface area contributed by atoms with Crippen LogP contribution in [0.25, 0.3) is 0 Å². The van der Waals surface area contributed by atoms with Gasteiger partial charge < -0.3 is 42.3 Å². The van der Waals surface area contributed by atoms with Crippen molar-refractivity contribution >= 4 is 11.9 Å². The van der Waals surface area contributed by atoms with E-state index in [1.54, 1.807) is 0 Å². The zero-order valence-corrected chi connectivity index (χ0v) is 13.8. The number of hydrogen-bond donors (Lipinski definition) is 4. The van der Waals surface area contributed by atoms with Crippen LogP contribution >= 0.6 is 0 Å². The van der Waals surface area contributed by atoms with E-state index in [1.807, 2.05) is 0 Å². The fourth-order valence-electron chi connectivity index (χ4n) is 1.12. The molecule has 0 bridgehead atoms. The molecule has 0 fully saturated rings. The Morgan fingerprint density at radius 1 is 0.760 bits per heavy atom. The first-order valence-electron chi connectivity index (χ1n) is 5.18. The van der Waals surface area contributed by atoms with Gasteiger partial charge in [0.2, 0.25) is 0 Å². The van der Waals surface area contributed by atoms with Gasteiger partial charge in [0.05, 0.1) is 0 Å². The Balaban J connectivity index is -0.0000000889. The second kappa shape index (κ2) is 16.1. The maximum absolute atomic E-state index is 10.2. The summed E-state index contributed by atoms with van der Waals surface area (Å²) < 4.78 is 0. The van der Waals surface area contributed by atoms with Crippen LogP contribution in [0, 0.1) is 0 Å². The van der Waals surface area contributed by atoms with Crippen LogP contribution in [-0.2, 0) is 18.6 Å². The maximum Gasteiger partial charge on any atom is 0.358 e. The molecule has 0 amide bonds. The van der Waals surface area contributed by atoms with Crippen LogP contribution in [0.15, 0.2) is 36.7 Å². The summed E-state index contributed by atoms with van der Waals surface area (Å²) in [5.74, 6) is -3.07. The molecule has 141 valence electrons. The van der Waals surface area contributed by atoms with Crippen molar-refractivity contribution in [3.8, 4) is 11.5 Å². The van der Waals surface area contributed by atoms with Crippen LogP contribution in [0.5, 0.6) is 11.5 Å². The molecule has 12 nitrogen and oxygen atoms in total. The molecule has 0 aromatic carbocycles. The third kappa shape index (κ3) is 10.6. The molecule has 25 heavy (non-hydrogen) atoms. The fourth-order valence-corrected chi connectivity index (χ4v) is 1.12. The normalized spacial score (nSPS) is 7.36. The quantitative estimate of drug-likeness (QED) is 0.447. The van der Waals surface area contributed by atoms with Crippen LogP contribution in [0.2, 0.25) is 0 Å². The number of carboxylic acid groups (broad SMARTS) is 2. The minimum Gasteiger partial charge on any atom is -0.870 e. The molecule has 0 aliphatic rings. The maximum atomic E-state index is 10.2. The van der Waals surface area contributed by atoms with Gasteiger partial charge in [-0.25, -0.2) is 19.6 Å². The summed E-state index contributed by atoms with van der Waals surface area (Å²) in [5.41, 5.74) is -0.634. The summed E-state index contributed by atoms with van der Waals surface area (Å²) in [6, 6.07) is 5.47. The van der Waals surface area contributed by atoms with Gasteiger partial charge in [0.25, 0.3) is 0 Å². The molecule has 2 aromatic heterocycles. The van der Waals surface area contributed by atoms with Crippen LogP contribution in [-0.4, -0.2) is 64.2 Å². The van der Waals surface area contributed by atoms with E-state index in [9.17, 15) is 9.59 Å². The summed E-state index contributed by atoms with van der Waals surface area (Å²) in [6.45, 7) is 0. The van der Waals surface area contributed by atoms with Gasteiger partial charge in [-0.3, -0.25) is 0 Å². The van der Waals surface area contributed by atoms with Crippen molar-refractivity contribution < 1.29 is 70.5 Å². The molecule has 13 heteroatoms. The predicted octanol–water partition coefficient (Wildman–Crippen LogP) is -1.68. The summed E-state index contributed by atoms with van der Waals surface area (Å²) >= 11 is 0. The number of carbonyl (C=O) groups is 2. The average Bonchev–Trinajstić information content (AvgIpc) is 2.40. The van der Waals surface area contributed by atoms with Gasteiger partial charge in [-0.2, -0.15) is 0 Å². The molecule has 2 aromatic rings. The molecule has 0 spiro atoms. The van der Waals surface area contributed by atoms with Crippen LogP contribution < -0.4 is 0 Å². The minimum atomic E-state index is -1.22. The van der Waals surface area contributed by atoms with Crippen LogP contribution in [0.3, 0.4) is 0 Å². The van der Waals surface area contributed by atoms with Gasteiger partial charge in [-0.05, 0) is 24.3 Å². The third-order valence-electron chi connectivity index (χ3n) is 1.98.